The highest BCUT2D eigenvalue weighted by Crippen LogP contribution is 2.42. The third-order valence-electron chi connectivity index (χ3n) is 6.14. The lowest BCUT2D eigenvalue weighted by Gasteiger charge is -2.36. The molecule has 1 amide bonds. The zero-order valence-electron chi connectivity index (χ0n) is 18.6. The monoisotopic (exact) mass is 451 g/mol. The molecule has 3 unspecified atom stereocenters. The van der Waals surface area contributed by atoms with Crippen LogP contribution in [0.4, 0.5) is 4.39 Å². The standard InChI is InChI=1S/C26H26FNO5/c1-3-32-26(31)23-15(2)12-21-24(25(23)30)20(13-22(29)28-21)17-6-10-19(11-7-17)33-14-16-4-8-18(27)9-5-16/h4-11,15,20,23H,3,12-14H2,1-2H3,(H,28,29). The van der Waals surface area contributed by atoms with Crippen molar-refractivity contribution in [3.05, 3.63) is 76.7 Å². The number of ketones is 1. The first-order valence-corrected chi connectivity index (χ1v) is 11.1. The van der Waals surface area contributed by atoms with Crippen LogP contribution >= 0.6 is 0 Å². The number of benzene rings is 2. The summed E-state index contributed by atoms with van der Waals surface area (Å²) in [5.74, 6) is -2.17. The van der Waals surface area contributed by atoms with Gasteiger partial charge in [-0.05, 0) is 54.7 Å². The van der Waals surface area contributed by atoms with E-state index in [0.29, 0.717) is 30.0 Å². The average molecular weight is 451 g/mol. The summed E-state index contributed by atoms with van der Waals surface area (Å²) in [6.07, 6.45) is 0.565. The molecule has 1 heterocycles. The Morgan fingerprint density at radius 2 is 1.76 bits per heavy atom. The van der Waals surface area contributed by atoms with Crippen molar-refractivity contribution in [1.29, 1.82) is 0 Å². The first-order chi connectivity index (χ1) is 15.9. The fourth-order valence-corrected chi connectivity index (χ4v) is 4.53. The summed E-state index contributed by atoms with van der Waals surface area (Å²) in [5, 5.41) is 2.84. The predicted molar refractivity (Wildman–Crippen MR) is 119 cm³/mol. The Bertz CT molecular complexity index is 1090. The zero-order valence-corrected chi connectivity index (χ0v) is 18.6. The lowest BCUT2D eigenvalue weighted by atomic mass is 9.70. The molecule has 0 radical (unpaired) electrons. The number of carbonyl (C=O) groups excluding carboxylic acids is 3. The van der Waals surface area contributed by atoms with Crippen LogP contribution in [0.2, 0.25) is 0 Å². The molecule has 7 heteroatoms. The van der Waals surface area contributed by atoms with E-state index in [-0.39, 0.29) is 36.5 Å². The zero-order chi connectivity index (χ0) is 23.5. The van der Waals surface area contributed by atoms with Gasteiger partial charge >= 0.3 is 5.97 Å². The molecule has 2 aromatic rings. The van der Waals surface area contributed by atoms with Crippen LogP contribution in [0.1, 0.15) is 43.7 Å². The SMILES string of the molecule is CCOC(=O)C1C(=O)C2=C(CC1C)NC(=O)CC2c1ccc(OCc2ccc(F)cc2)cc1. The van der Waals surface area contributed by atoms with E-state index in [1.807, 2.05) is 19.1 Å². The van der Waals surface area contributed by atoms with E-state index in [2.05, 4.69) is 5.32 Å². The molecule has 2 aliphatic rings. The van der Waals surface area contributed by atoms with Gasteiger partial charge in [0.1, 0.15) is 24.1 Å². The minimum Gasteiger partial charge on any atom is -0.489 e. The normalized spacial score (nSPS) is 22.5. The number of amides is 1. The molecule has 33 heavy (non-hydrogen) atoms. The fraction of sp³-hybridized carbons (Fsp3) is 0.346. The van der Waals surface area contributed by atoms with Crippen LogP contribution in [0, 0.1) is 17.7 Å². The number of ether oxygens (including phenoxy) is 2. The average Bonchev–Trinajstić information content (AvgIpc) is 2.78. The van der Waals surface area contributed by atoms with Crippen molar-refractivity contribution in [1.82, 2.24) is 5.32 Å². The topological polar surface area (TPSA) is 81.7 Å². The van der Waals surface area contributed by atoms with Crippen LogP contribution in [-0.4, -0.2) is 24.3 Å². The van der Waals surface area contributed by atoms with Crippen molar-refractivity contribution in [2.24, 2.45) is 11.8 Å². The lowest BCUT2D eigenvalue weighted by molar-refractivity contribution is -0.153. The Morgan fingerprint density at radius 3 is 2.42 bits per heavy atom. The minimum absolute atomic E-state index is 0.129. The number of nitrogens with one attached hydrogen (secondary N) is 1. The first-order valence-electron chi connectivity index (χ1n) is 11.1. The molecule has 0 saturated heterocycles. The van der Waals surface area contributed by atoms with Gasteiger partial charge in [-0.2, -0.15) is 0 Å². The van der Waals surface area contributed by atoms with Crippen molar-refractivity contribution in [3.63, 3.8) is 0 Å². The highest BCUT2D eigenvalue weighted by atomic mass is 19.1. The molecule has 0 saturated carbocycles. The Morgan fingerprint density at radius 1 is 1.06 bits per heavy atom. The third kappa shape index (κ3) is 4.82. The molecule has 1 N–H and O–H groups in total. The summed E-state index contributed by atoms with van der Waals surface area (Å²) in [6, 6.07) is 13.3. The quantitative estimate of drug-likeness (QED) is 0.529. The number of Topliss-reactive ketones (excluding diaryl/α,β-unsaturated/α-hetero) is 1. The summed E-state index contributed by atoms with van der Waals surface area (Å²) >= 11 is 0. The Hall–Kier alpha value is -3.48. The summed E-state index contributed by atoms with van der Waals surface area (Å²) in [5.41, 5.74) is 2.74. The maximum absolute atomic E-state index is 13.4. The van der Waals surface area contributed by atoms with E-state index < -0.39 is 17.8 Å². The van der Waals surface area contributed by atoms with Gasteiger partial charge in [0.25, 0.3) is 0 Å². The second kappa shape index (κ2) is 9.57. The van der Waals surface area contributed by atoms with Crippen LogP contribution in [0.25, 0.3) is 0 Å². The van der Waals surface area contributed by atoms with Crippen LogP contribution in [0.5, 0.6) is 5.75 Å². The highest BCUT2D eigenvalue weighted by Gasteiger charge is 2.45. The second-order valence-electron chi connectivity index (χ2n) is 8.46. The number of allylic oxidation sites excluding steroid dienone is 2. The van der Waals surface area contributed by atoms with Gasteiger partial charge < -0.3 is 14.8 Å². The van der Waals surface area contributed by atoms with Crippen LogP contribution in [0.3, 0.4) is 0 Å². The molecule has 6 nitrogen and oxygen atoms in total. The van der Waals surface area contributed by atoms with Gasteiger partial charge in [0.15, 0.2) is 5.78 Å². The number of hydrogen-bond donors (Lipinski definition) is 1. The van der Waals surface area contributed by atoms with Crippen LogP contribution in [-0.2, 0) is 25.7 Å². The minimum atomic E-state index is -0.862. The van der Waals surface area contributed by atoms with E-state index >= 15 is 0 Å². The van der Waals surface area contributed by atoms with E-state index in [4.69, 9.17) is 9.47 Å². The van der Waals surface area contributed by atoms with Gasteiger partial charge in [0.05, 0.1) is 6.61 Å². The van der Waals surface area contributed by atoms with Crippen molar-refractivity contribution in [2.45, 2.75) is 39.2 Å². The first kappa shape index (κ1) is 22.7. The molecule has 1 aliphatic heterocycles. The highest BCUT2D eigenvalue weighted by molar-refractivity contribution is 6.11. The summed E-state index contributed by atoms with van der Waals surface area (Å²) in [6.45, 7) is 4.04. The molecule has 0 fully saturated rings. The molecule has 0 spiro atoms. The number of carbonyl (C=O) groups is 3. The molecule has 4 rings (SSSR count). The van der Waals surface area contributed by atoms with Gasteiger partial charge in [-0.25, -0.2) is 4.39 Å². The van der Waals surface area contributed by atoms with Crippen molar-refractivity contribution >= 4 is 17.7 Å². The molecular formula is C26H26FNO5. The van der Waals surface area contributed by atoms with E-state index in [1.54, 1.807) is 31.2 Å². The van der Waals surface area contributed by atoms with E-state index in [9.17, 15) is 18.8 Å². The summed E-state index contributed by atoms with van der Waals surface area (Å²) < 4.78 is 24.0. The second-order valence-corrected chi connectivity index (χ2v) is 8.46. The molecular weight excluding hydrogens is 425 g/mol. The summed E-state index contributed by atoms with van der Waals surface area (Å²) in [7, 11) is 0. The van der Waals surface area contributed by atoms with Gasteiger partial charge in [-0.3, -0.25) is 14.4 Å². The molecule has 1 aliphatic carbocycles. The smallest absolute Gasteiger partial charge is 0.317 e. The number of esters is 1. The van der Waals surface area contributed by atoms with E-state index in [0.717, 1.165) is 11.1 Å². The largest absolute Gasteiger partial charge is 0.489 e. The molecule has 0 aromatic heterocycles. The van der Waals surface area contributed by atoms with Crippen molar-refractivity contribution in [2.75, 3.05) is 6.61 Å². The van der Waals surface area contributed by atoms with Gasteiger partial charge in [-0.15, -0.1) is 0 Å². The third-order valence-corrected chi connectivity index (χ3v) is 6.14. The molecule has 2 aromatic carbocycles. The maximum Gasteiger partial charge on any atom is 0.317 e. The summed E-state index contributed by atoms with van der Waals surface area (Å²) in [4.78, 5) is 38.2. The molecule has 3 atom stereocenters. The lowest BCUT2D eigenvalue weighted by Crippen LogP contribution is -2.44. The van der Waals surface area contributed by atoms with Gasteiger partial charge in [0.2, 0.25) is 5.91 Å². The molecule has 172 valence electrons. The Kier molecular flexibility index (Phi) is 6.58. The Balaban J connectivity index is 1.55. The number of rotatable bonds is 6. The molecule has 0 bridgehead atoms. The predicted octanol–water partition coefficient (Wildman–Crippen LogP) is 4.05. The fourth-order valence-electron chi connectivity index (χ4n) is 4.53. The Labute approximate surface area is 191 Å². The van der Waals surface area contributed by atoms with Crippen molar-refractivity contribution in [3.8, 4) is 5.75 Å². The number of hydrogen-bond acceptors (Lipinski definition) is 5. The van der Waals surface area contributed by atoms with E-state index in [1.165, 1.54) is 12.1 Å². The van der Waals surface area contributed by atoms with Crippen LogP contribution < -0.4 is 10.1 Å². The maximum atomic E-state index is 13.4. The van der Waals surface area contributed by atoms with Gasteiger partial charge in [0, 0.05) is 23.6 Å². The number of halogens is 1. The van der Waals surface area contributed by atoms with Crippen molar-refractivity contribution < 1.29 is 28.2 Å². The van der Waals surface area contributed by atoms with Gasteiger partial charge in [-0.1, -0.05) is 31.2 Å². The van der Waals surface area contributed by atoms with Crippen LogP contribution in [0.15, 0.2) is 59.8 Å².